The summed E-state index contributed by atoms with van der Waals surface area (Å²) in [6.45, 7) is 16.9. The van der Waals surface area contributed by atoms with Crippen LogP contribution in [0.2, 0.25) is 0 Å². The van der Waals surface area contributed by atoms with Gasteiger partial charge in [0.2, 0.25) is 0 Å². The highest BCUT2D eigenvalue weighted by Gasteiger charge is 2.07. The molecule has 2 atom stereocenters. The third kappa shape index (κ3) is 11.9. The van der Waals surface area contributed by atoms with Crippen molar-refractivity contribution in [1.82, 2.24) is 0 Å². The van der Waals surface area contributed by atoms with Gasteiger partial charge in [0.25, 0.3) is 0 Å². The van der Waals surface area contributed by atoms with E-state index in [9.17, 15) is 0 Å². The molecule has 0 aliphatic rings. The first-order chi connectivity index (χ1) is 12.1. The molecule has 2 unspecified atom stereocenters. The molecule has 0 aromatic rings. The van der Waals surface area contributed by atoms with Gasteiger partial charge in [-0.25, -0.2) is 0 Å². The van der Waals surface area contributed by atoms with E-state index in [1.807, 2.05) is 12.2 Å². The lowest BCUT2D eigenvalue weighted by atomic mass is 9.95. The van der Waals surface area contributed by atoms with Gasteiger partial charge < -0.3 is 4.74 Å². The number of unbranched alkanes of at least 4 members (excludes halogenated alkanes) is 2. The minimum atomic E-state index is 0.744. The summed E-state index contributed by atoms with van der Waals surface area (Å²) in [5, 5.41) is 0. The molecule has 144 valence electrons. The topological polar surface area (TPSA) is 9.23 Å². The summed E-state index contributed by atoms with van der Waals surface area (Å²) in [5.74, 6) is 3.21. The van der Waals surface area contributed by atoms with Crippen LogP contribution >= 0.6 is 0 Å². The molecule has 0 aliphatic heterocycles. The molecule has 0 rings (SSSR count). The quantitative estimate of drug-likeness (QED) is 0.201. The summed E-state index contributed by atoms with van der Waals surface area (Å²) < 4.78 is 6.03. The SMILES string of the molecule is C=CC(=CCC(CC)CCCC)OC(C=C)=CCC(CC)CCCC. The molecule has 1 nitrogen and oxygen atoms in total. The molecule has 0 aromatic carbocycles. The molecule has 0 saturated carbocycles. The van der Waals surface area contributed by atoms with E-state index in [1.54, 1.807) is 0 Å². The standard InChI is InChI=1S/C24H42O/c1-7-13-15-21(9-3)17-19-23(11-5)25-24(12-6)20-18-22(10-4)16-14-8-2/h11-12,19-22H,5-10,13-18H2,1-4H3. The largest absolute Gasteiger partial charge is 0.458 e. The van der Waals surface area contributed by atoms with Gasteiger partial charge in [-0.15, -0.1) is 0 Å². The molecule has 0 aromatic heterocycles. The maximum absolute atomic E-state index is 6.03. The van der Waals surface area contributed by atoms with Crippen molar-refractivity contribution in [3.8, 4) is 0 Å². The lowest BCUT2D eigenvalue weighted by Gasteiger charge is -2.14. The van der Waals surface area contributed by atoms with E-state index in [0.29, 0.717) is 0 Å². The minimum absolute atomic E-state index is 0.744. The Labute approximate surface area is 157 Å². The van der Waals surface area contributed by atoms with Crippen molar-refractivity contribution in [2.45, 2.75) is 91.9 Å². The summed E-state index contributed by atoms with van der Waals surface area (Å²) in [4.78, 5) is 0. The molecule has 0 radical (unpaired) electrons. The average molecular weight is 347 g/mol. The Morgan fingerprint density at radius 3 is 1.44 bits per heavy atom. The normalized spacial score (nSPS) is 14.9. The Balaban J connectivity index is 4.70. The molecule has 0 N–H and O–H groups in total. The highest BCUT2D eigenvalue weighted by atomic mass is 16.5. The van der Waals surface area contributed by atoms with Crippen LogP contribution in [0.3, 0.4) is 0 Å². The molecule has 0 aliphatic carbocycles. The van der Waals surface area contributed by atoms with E-state index < -0.39 is 0 Å². The van der Waals surface area contributed by atoms with Gasteiger partial charge in [0.1, 0.15) is 11.5 Å². The van der Waals surface area contributed by atoms with E-state index in [1.165, 1.54) is 51.4 Å². The summed E-state index contributed by atoms with van der Waals surface area (Å²) in [5.41, 5.74) is 0. The van der Waals surface area contributed by atoms with Crippen molar-refractivity contribution >= 4 is 0 Å². The van der Waals surface area contributed by atoms with E-state index in [-0.39, 0.29) is 0 Å². The lowest BCUT2D eigenvalue weighted by Crippen LogP contribution is -1.99. The van der Waals surface area contributed by atoms with Crippen LogP contribution in [0.15, 0.2) is 49.0 Å². The Morgan fingerprint density at radius 1 is 0.760 bits per heavy atom. The minimum Gasteiger partial charge on any atom is -0.458 e. The molecular formula is C24H42O. The Morgan fingerprint density at radius 2 is 1.16 bits per heavy atom. The van der Waals surface area contributed by atoms with Crippen molar-refractivity contribution in [3.05, 3.63) is 49.0 Å². The van der Waals surface area contributed by atoms with Crippen LogP contribution in [-0.2, 0) is 4.74 Å². The predicted molar refractivity (Wildman–Crippen MR) is 113 cm³/mol. The smallest absolute Gasteiger partial charge is 0.122 e. The maximum Gasteiger partial charge on any atom is 0.122 e. The molecule has 0 heterocycles. The number of hydrogen-bond acceptors (Lipinski definition) is 1. The van der Waals surface area contributed by atoms with E-state index in [4.69, 9.17) is 4.74 Å². The molecule has 0 saturated heterocycles. The van der Waals surface area contributed by atoms with E-state index >= 15 is 0 Å². The second-order valence-corrected chi connectivity index (χ2v) is 7.03. The molecular weight excluding hydrogens is 304 g/mol. The Hall–Kier alpha value is -1.24. The number of rotatable bonds is 16. The van der Waals surface area contributed by atoms with Crippen LogP contribution < -0.4 is 0 Å². The summed E-state index contributed by atoms with van der Waals surface area (Å²) in [7, 11) is 0. The molecule has 1 heteroatoms. The first-order valence-corrected chi connectivity index (χ1v) is 10.5. The van der Waals surface area contributed by atoms with Gasteiger partial charge in [0.15, 0.2) is 0 Å². The van der Waals surface area contributed by atoms with Gasteiger partial charge in [-0.1, -0.05) is 92.2 Å². The fourth-order valence-corrected chi connectivity index (χ4v) is 3.00. The zero-order chi connectivity index (χ0) is 18.9. The van der Waals surface area contributed by atoms with Crippen molar-refractivity contribution in [1.29, 1.82) is 0 Å². The first-order valence-electron chi connectivity index (χ1n) is 10.5. The third-order valence-corrected chi connectivity index (χ3v) is 5.03. The second kappa shape index (κ2) is 16.2. The van der Waals surface area contributed by atoms with Crippen LogP contribution in [0.25, 0.3) is 0 Å². The Kier molecular flexibility index (Phi) is 15.4. The third-order valence-electron chi connectivity index (χ3n) is 5.03. The van der Waals surface area contributed by atoms with Crippen LogP contribution in [0, 0.1) is 11.8 Å². The zero-order valence-electron chi connectivity index (χ0n) is 17.4. The van der Waals surface area contributed by atoms with Crippen molar-refractivity contribution in [2.75, 3.05) is 0 Å². The molecule has 25 heavy (non-hydrogen) atoms. The van der Waals surface area contributed by atoms with Gasteiger partial charge in [0, 0.05) is 0 Å². The second-order valence-electron chi connectivity index (χ2n) is 7.03. The summed E-state index contributed by atoms with van der Waals surface area (Å²) in [6, 6.07) is 0. The monoisotopic (exact) mass is 346 g/mol. The van der Waals surface area contributed by atoms with Gasteiger partial charge in [-0.3, -0.25) is 0 Å². The van der Waals surface area contributed by atoms with Crippen LogP contribution in [-0.4, -0.2) is 0 Å². The van der Waals surface area contributed by atoms with Crippen molar-refractivity contribution < 1.29 is 4.74 Å². The summed E-state index contributed by atoms with van der Waals surface area (Å²) in [6.07, 6.45) is 20.4. The fraction of sp³-hybridized carbons (Fsp3) is 0.667. The van der Waals surface area contributed by atoms with E-state index in [0.717, 1.165) is 36.2 Å². The first kappa shape index (κ1) is 23.8. The van der Waals surface area contributed by atoms with Gasteiger partial charge in [-0.05, 0) is 49.0 Å². The molecule has 0 fully saturated rings. The number of hydrogen-bond donors (Lipinski definition) is 0. The van der Waals surface area contributed by atoms with Gasteiger partial charge in [-0.2, -0.15) is 0 Å². The maximum atomic E-state index is 6.03. The van der Waals surface area contributed by atoms with Crippen LogP contribution in [0.1, 0.15) is 91.9 Å². The van der Waals surface area contributed by atoms with Crippen molar-refractivity contribution in [3.63, 3.8) is 0 Å². The Bertz CT molecular complexity index is 364. The highest BCUT2D eigenvalue weighted by Crippen LogP contribution is 2.21. The van der Waals surface area contributed by atoms with Gasteiger partial charge in [0.05, 0.1) is 0 Å². The number of allylic oxidation sites excluding steroid dienone is 4. The van der Waals surface area contributed by atoms with Crippen molar-refractivity contribution in [2.24, 2.45) is 11.8 Å². The average Bonchev–Trinajstić information content (AvgIpc) is 2.65. The number of ether oxygens (including phenoxy) is 1. The van der Waals surface area contributed by atoms with Crippen LogP contribution in [0.4, 0.5) is 0 Å². The fourth-order valence-electron chi connectivity index (χ4n) is 3.00. The van der Waals surface area contributed by atoms with Crippen LogP contribution in [0.5, 0.6) is 0 Å². The van der Waals surface area contributed by atoms with Gasteiger partial charge >= 0.3 is 0 Å². The zero-order valence-corrected chi connectivity index (χ0v) is 17.4. The lowest BCUT2D eigenvalue weighted by molar-refractivity contribution is 0.326. The highest BCUT2D eigenvalue weighted by molar-refractivity contribution is 5.17. The predicted octanol–water partition coefficient (Wildman–Crippen LogP) is 8.36. The van der Waals surface area contributed by atoms with E-state index in [2.05, 4.69) is 53.0 Å². The molecule has 0 spiro atoms. The summed E-state index contributed by atoms with van der Waals surface area (Å²) >= 11 is 0. The molecule has 0 amide bonds. The molecule has 0 bridgehead atoms.